The van der Waals surface area contributed by atoms with Crippen molar-refractivity contribution in [2.45, 2.75) is 19.8 Å². The Bertz CT molecular complexity index is 863. The van der Waals surface area contributed by atoms with Crippen molar-refractivity contribution in [1.82, 2.24) is 4.90 Å². The minimum Gasteiger partial charge on any atom is -0.322 e. The van der Waals surface area contributed by atoms with E-state index in [4.69, 9.17) is 0 Å². The van der Waals surface area contributed by atoms with Crippen LogP contribution in [0.3, 0.4) is 0 Å². The molecule has 128 valence electrons. The fraction of sp³-hybridized carbons (Fsp3) is 0.211. The number of amides is 3. The van der Waals surface area contributed by atoms with E-state index in [9.17, 15) is 14.4 Å². The standard InChI is InChI=1S/C19H17BrN2O3/c1-2-3-9-22-18(24)15-8-7-12(10-16(15)19(22)25)17(23)21-14-6-4-5-13(20)11-14/h4-8,10-11H,2-3,9H2,1H3,(H,21,23). The van der Waals surface area contributed by atoms with Crippen molar-refractivity contribution in [3.63, 3.8) is 0 Å². The van der Waals surface area contributed by atoms with Gasteiger partial charge in [-0.2, -0.15) is 0 Å². The molecular formula is C19H17BrN2O3. The molecule has 0 atom stereocenters. The molecule has 0 saturated heterocycles. The first-order valence-electron chi connectivity index (χ1n) is 8.08. The minimum absolute atomic E-state index is 0.285. The maximum absolute atomic E-state index is 12.5. The summed E-state index contributed by atoms with van der Waals surface area (Å²) >= 11 is 3.35. The van der Waals surface area contributed by atoms with Gasteiger partial charge in [-0.3, -0.25) is 19.3 Å². The van der Waals surface area contributed by atoms with Gasteiger partial charge < -0.3 is 5.32 Å². The van der Waals surface area contributed by atoms with Crippen LogP contribution in [0.15, 0.2) is 46.9 Å². The zero-order valence-electron chi connectivity index (χ0n) is 13.7. The molecule has 3 rings (SSSR count). The number of unbranched alkanes of at least 4 members (excludes halogenated alkanes) is 1. The highest BCUT2D eigenvalue weighted by Gasteiger charge is 2.35. The van der Waals surface area contributed by atoms with Crippen molar-refractivity contribution in [2.24, 2.45) is 0 Å². The number of nitrogens with one attached hydrogen (secondary N) is 1. The van der Waals surface area contributed by atoms with E-state index < -0.39 is 0 Å². The minimum atomic E-state index is -0.328. The summed E-state index contributed by atoms with van der Waals surface area (Å²) in [6, 6.07) is 11.9. The van der Waals surface area contributed by atoms with Crippen LogP contribution in [0.4, 0.5) is 5.69 Å². The summed E-state index contributed by atoms with van der Waals surface area (Å²) < 4.78 is 0.853. The monoisotopic (exact) mass is 400 g/mol. The van der Waals surface area contributed by atoms with Gasteiger partial charge >= 0.3 is 0 Å². The molecule has 1 aliphatic heterocycles. The Morgan fingerprint density at radius 1 is 1.08 bits per heavy atom. The van der Waals surface area contributed by atoms with Gasteiger partial charge in [0.1, 0.15) is 0 Å². The molecule has 0 unspecified atom stereocenters. The lowest BCUT2D eigenvalue weighted by Crippen LogP contribution is -2.30. The maximum atomic E-state index is 12.5. The molecule has 1 N–H and O–H groups in total. The van der Waals surface area contributed by atoms with Crippen LogP contribution in [0.1, 0.15) is 50.8 Å². The summed E-state index contributed by atoms with van der Waals surface area (Å²) in [6.07, 6.45) is 1.66. The van der Waals surface area contributed by atoms with Crippen molar-refractivity contribution < 1.29 is 14.4 Å². The molecular weight excluding hydrogens is 384 g/mol. The van der Waals surface area contributed by atoms with Gasteiger partial charge in [-0.05, 0) is 42.8 Å². The van der Waals surface area contributed by atoms with E-state index in [0.29, 0.717) is 28.9 Å². The van der Waals surface area contributed by atoms with Crippen LogP contribution in [0.25, 0.3) is 0 Å². The van der Waals surface area contributed by atoms with Crippen molar-refractivity contribution in [3.8, 4) is 0 Å². The van der Waals surface area contributed by atoms with E-state index in [1.165, 1.54) is 11.0 Å². The second-order valence-electron chi connectivity index (χ2n) is 5.84. The van der Waals surface area contributed by atoms with Crippen LogP contribution in [-0.4, -0.2) is 29.2 Å². The third kappa shape index (κ3) is 3.49. The first-order chi connectivity index (χ1) is 12.0. The maximum Gasteiger partial charge on any atom is 0.261 e. The Morgan fingerprint density at radius 2 is 1.84 bits per heavy atom. The quantitative estimate of drug-likeness (QED) is 0.768. The molecule has 3 amide bonds. The molecule has 0 radical (unpaired) electrons. The fourth-order valence-corrected chi connectivity index (χ4v) is 3.12. The summed E-state index contributed by atoms with van der Waals surface area (Å²) in [6.45, 7) is 2.41. The average Bonchev–Trinajstić information content (AvgIpc) is 2.83. The number of rotatable bonds is 5. The average molecular weight is 401 g/mol. The third-order valence-corrected chi connectivity index (χ3v) is 4.54. The van der Waals surface area contributed by atoms with Crippen molar-refractivity contribution in [1.29, 1.82) is 0 Å². The van der Waals surface area contributed by atoms with Gasteiger partial charge in [0, 0.05) is 22.3 Å². The van der Waals surface area contributed by atoms with Crippen molar-refractivity contribution >= 4 is 39.3 Å². The smallest absolute Gasteiger partial charge is 0.261 e. The SMILES string of the molecule is CCCCN1C(=O)c2ccc(C(=O)Nc3cccc(Br)c3)cc2C1=O. The van der Waals surface area contributed by atoms with E-state index in [1.807, 2.05) is 19.1 Å². The van der Waals surface area contributed by atoms with Crippen LogP contribution >= 0.6 is 15.9 Å². The van der Waals surface area contributed by atoms with Gasteiger partial charge in [0.2, 0.25) is 0 Å². The van der Waals surface area contributed by atoms with Gasteiger partial charge in [-0.1, -0.05) is 35.3 Å². The van der Waals surface area contributed by atoms with Crippen LogP contribution in [0.5, 0.6) is 0 Å². The molecule has 2 aromatic rings. The zero-order chi connectivity index (χ0) is 18.0. The predicted molar refractivity (Wildman–Crippen MR) is 98.8 cm³/mol. The van der Waals surface area contributed by atoms with Crippen LogP contribution in [-0.2, 0) is 0 Å². The molecule has 0 aliphatic carbocycles. The van der Waals surface area contributed by atoms with E-state index in [1.54, 1.807) is 24.3 Å². The molecule has 0 fully saturated rings. The second-order valence-corrected chi connectivity index (χ2v) is 6.76. The van der Waals surface area contributed by atoms with Gasteiger partial charge in [0.25, 0.3) is 17.7 Å². The van der Waals surface area contributed by atoms with E-state index in [-0.39, 0.29) is 17.7 Å². The second kappa shape index (κ2) is 7.19. The molecule has 6 heteroatoms. The number of carbonyl (C=O) groups is 3. The summed E-state index contributed by atoms with van der Waals surface area (Å²) in [5.74, 6) is -0.939. The predicted octanol–water partition coefficient (Wildman–Crippen LogP) is 4.10. The van der Waals surface area contributed by atoms with Gasteiger partial charge in [0.05, 0.1) is 11.1 Å². The van der Waals surface area contributed by atoms with Crippen LogP contribution in [0, 0.1) is 0 Å². The number of imide groups is 1. The molecule has 1 heterocycles. The summed E-state index contributed by atoms with van der Waals surface area (Å²) in [5.41, 5.74) is 1.65. The highest BCUT2D eigenvalue weighted by atomic mass is 79.9. The molecule has 0 bridgehead atoms. The molecule has 1 aliphatic rings. The lowest BCUT2D eigenvalue weighted by Gasteiger charge is -2.12. The number of hydrogen-bond acceptors (Lipinski definition) is 3. The molecule has 25 heavy (non-hydrogen) atoms. The summed E-state index contributed by atoms with van der Waals surface area (Å²) in [5, 5.41) is 2.78. The summed E-state index contributed by atoms with van der Waals surface area (Å²) in [7, 11) is 0. The van der Waals surface area contributed by atoms with Crippen molar-refractivity contribution in [3.05, 3.63) is 63.6 Å². The molecule has 5 nitrogen and oxygen atoms in total. The number of nitrogens with zero attached hydrogens (tertiary/aromatic N) is 1. The number of carbonyl (C=O) groups excluding carboxylic acids is 3. The van der Waals surface area contributed by atoms with E-state index in [2.05, 4.69) is 21.2 Å². The first kappa shape index (κ1) is 17.4. The molecule has 0 aromatic heterocycles. The van der Waals surface area contributed by atoms with Gasteiger partial charge in [-0.15, -0.1) is 0 Å². The van der Waals surface area contributed by atoms with E-state index in [0.717, 1.165) is 17.3 Å². The highest BCUT2D eigenvalue weighted by Crippen LogP contribution is 2.25. The number of anilines is 1. The Hall–Kier alpha value is -2.47. The summed E-state index contributed by atoms with van der Waals surface area (Å²) in [4.78, 5) is 38.5. The third-order valence-electron chi connectivity index (χ3n) is 4.05. The highest BCUT2D eigenvalue weighted by molar-refractivity contribution is 9.10. The normalized spacial score (nSPS) is 13.1. The van der Waals surface area contributed by atoms with Gasteiger partial charge in [-0.25, -0.2) is 0 Å². The number of fused-ring (bicyclic) bond motifs is 1. The van der Waals surface area contributed by atoms with Crippen LogP contribution < -0.4 is 5.32 Å². The molecule has 0 spiro atoms. The topological polar surface area (TPSA) is 66.5 Å². The first-order valence-corrected chi connectivity index (χ1v) is 8.87. The number of halogens is 1. The molecule has 2 aromatic carbocycles. The molecule has 0 saturated carbocycles. The lowest BCUT2D eigenvalue weighted by atomic mass is 10.1. The lowest BCUT2D eigenvalue weighted by molar-refractivity contribution is 0.0652. The zero-order valence-corrected chi connectivity index (χ0v) is 15.3. The van der Waals surface area contributed by atoms with Gasteiger partial charge in [0.15, 0.2) is 0 Å². The number of benzene rings is 2. The van der Waals surface area contributed by atoms with Crippen LogP contribution in [0.2, 0.25) is 0 Å². The fourth-order valence-electron chi connectivity index (χ4n) is 2.72. The van der Waals surface area contributed by atoms with E-state index >= 15 is 0 Å². The Morgan fingerprint density at radius 3 is 2.56 bits per heavy atom. The number of hydrogen-bond donors (Lipinski definition) is 1. The Balaban J connectivity index is 1.83. The Kier molecular flexibility index (Phi) is 4.99. The Labute approximate surface area is 154 Å². The van der Waals surface area contributed by atoms with Crippen molar-refractivity contribution in [2.75, 3.05) is 11.9 Å². The largest absolute Gasteiger partial charge is 0.322 e.